The lowest BCUT2D eigenvalue weighted by Crippen LogP contribution is -2.42. The molecule has 3 rings (SSSR count). The summed E-state index contributed by atoms with van der Waals surface area (Å²) in [6.45, 7) is 3.17. The van der Waals surface area contributed by atoms with Crippen LogP contribution in [0, 0.1) is 5.92 Å². The average Bonchev–Trinajstić information content (AvgIpc) is 2.68. The molecule has 1 aliphatic heterocycles. The molecule has 1 unspecified atom stereocenters. The minimum atomic E-state index is 0.0331. The van der Waals surface area contributed by atoms with E-state index in [1.807, 2.05) is 48.5 Å². The van der Waals surface area contributed by atoms with E-state index in [-0.39, 0.29) is 11.8 Å². The number of carbonyl (C=O) groups is 1. The number of ether oxygens (including phenoxy) is 1. The molecule has 4 nitrogen and oxygen atoms in total. The van der Waals surface area contributed by atoms with E-state index in [1.54, 1.807) is 7.11 Å². The standard InChI is InChI=1S/C21H25ClN2O2/c1-26-20-7-3-2-5-17(20)13-23-21(25)18-6-4-12-24(15-18)14-16-8-10-19(22)11-9-16/h2-3,5,7-11,18H,4,6,12-15H2,1H3,(H,23,25). The molecule has 1 atom stereocenters. The van der Waals surface area contributed by atoms with Crippen molar-refractivity contribution in [2.24, 2.45) is 5.92 Å². The summed E-state index contributed by atoms with van der Waals surface area (Å²) in [5.41, 5.74) is 2.22. The number of methoxy groups -OCH3 is 1. The van der Waals surface area contributed by atoms with Crippen LogP contribution in [0.3, 0.4) is 0 Å². The van der Waals surface area contributed by atoms with Gasteiger partial charge in [-0.2, -0.15) is 0 Å². The number of benzene rings is 2. The zero-order valence-electron chi connectivity index (χ0n) is 15.1. The van der Waals surface area contributed by atoms with Gasteiger partial charge in [-0.15, -0.1) is 0 Å². The van der Waals surface area contributed by atoms with Gasteiger partial charge in [-0.3, -0.25) is 9.69 Å². The Balaban J connectivity index is 1.53. The fraction of sp³-hybridized carbons (Fsp3) is 0.381. The van der Waals surface area contributed by atoms with Crippen LogP contribution in [0.4, 0.5) is 0 Å². The molecule has 0 bridgehead atoms. The van der Waals surface area contributed by atoms with Crippen molar-refractivity contribution in [3.05, 3.63) is 64.7 Å². The van der Waals surface area contributed by atoms with E-state index in [0.717, 1.165) is 48.8 Å². The Hall–Kier alpha value is -2.04. The van der Waals surface area contributed by atoms with E-state index >= 15 is 0 Å². The van der Waals surface area contributed by atoms with Crippen molar-refractivity contribution in [3.63, 3.8) is 0 Å². The van der Waals surface area contributed by atoms with Gasteiger partial charge in [0.1, 0.15) is 5.75 Å². The number of para-hydroxylation sites is 1. The Bertz CT molecular complexity index is 733. The van der Waals surface area contributed by atoms with Crippen LogP contribution in [0.5, 0.6) is 5.75 Å². The van der Waals surface area contributed by atoms with Crippen molar-refractivity contribution >= 4 is 17.5 Å². The Morgan fingerprint density at radius 3 is 2.77 bits per heavy atom. The molecule has 1 N–H and O–H groups in total. The minimum Gasteiger partial charge on any atom is -0.496 e. The smallest absolute Gasteiger partial charge is 0.224 e. The normalized spacial score (nSPS) is 17.7. The first kappa shape index (κ1) is 18.7. The predicted molar refractivity (Wildman–Crippen MR) is 104 cm³/mol. The molecule has 26 heavy (non-hydrogen) atoms. The molecule has 0 aliphatic carbocycles. The first-order chi connectivity index (χ1) is 12.7. The third kappa shape index (κ3) is 4.99. The summed E-state index contributed by atoms with van der Waals surface area (Å²) in [4.78, 5) is 15.0. The highest BCUT2D eigenvalue weighted by molar-refractivity contribution is 6.30. The molecule has 5 heteroatoms. The maximum Gasteiger partial charge on any atom is 0.224 e. The van der Waals surface area contributed by atoms with Gasteiger partial charge in [-0.1, -0.05) is 41.9 Å². The molecular formula is C21H25ClN2O2. The van der Waals surface area contributed by atoms with E-state index in [4.69, 9.17) is 16.3 Å². The molecule has 1 heterocycles. The monoisotopic (exact) mass is 372 g/mol. The van der Waals surface area contributed by atoms with E-state index in [2.05, 4.69) is 10.2 Å². The van der Waals surface area contributed by atoms with Gasteiger partial charge in [-0.25, -0.2) is 0 Å². The summed E-state index contributed by atoms with van der Waals surface area (Å²) in [5, 5.41) is 3.82. The molecule has 1 aliphatic rings. The molecule has 0 radical (unpaired) electrons. The summed E-state index contributed by atoms with van der Waals surface area (Å²) >= 11 is 5.95. The van der Waals surface area contributed by atoms with Gasteiger partial charge < -0.3 is 10.1 Å². The van der Waals surface area contributed by atoms with Gasteiger partial charge >= 0.3 is 0 Å². The van der Waals surface area contributed by atoms with Crippen LogP contribution in [0.1, 0.15) is 24.0 Å². The molecule has 1 fully saturated rings. The van der Waals surface area contributed by atoms with E-state index in [0.29, 0.717) is 6.54 Å². The Morgan fingerprint density at radius 1 is 1.23 bits per heavy atom. The fourth-order valence-electron chi connectivity index (χ4n) is 3.44. The third-order valence-electron chi connectivity index (χ3n) is 4.84. The molecule has 1 amide bonds. The lowest BCUT2D eigenvalue weighted by Gasteiger charge is -2.32. The van der Waals surface area contributed by atoms with Crippen LogP contribution in [0.15, 0.2) is 48.5 Å². The summed E-state index contributed by atoms with van der Waals surface area (Å²) in [6, 6.07) is 15.7. The van der Waals surface area contributed by atoms with Crippen molar-refractivity contribution < 1.29 is 9.53 Å². The van der Waals surface area contributed by atoms with E-state index in [9.17, 15) is 4.79 Å². The van der Waals surface area contributed by atoms with Gasteiger partial charge in [0.2, 0.25) is 5.91 Å². The number of hydrogen-bond acceptors (Lipinski definition) is 3. The summed E-state index contributed by atoms with van der Waals surface area (Å²) in [6.07, 6.45) is 1.98. The van der Waals surface area contributed by atoms with Crippen LogP contribution < -0.4 is 10.1 Å². The number of piperidine rings is 1. The number of nitrogens with one attached hydrogen (secondary N) is 1. The lowest BCUT2D eigenvalue weighted by atomic mass is 9.96. The number of rotatable bonds is 6. The molecule has 138 valence electrons. The topological polar surface area (TPSA) is 41.6 Å². The van der Waals surface area contributed by atoms with Crippen LogP contribution in [0.25, 0.3) is 0 Å². The number of carbonyl (C=O) groups excluding carboxylic acids is 1. The second-order valence-electron chi connectivity index (χ2n) is 6.73. The van der Waals surface area contributed by atoms with Crippen LogP contribution in [0.2, 0.25) is 5.02 Å². The molecule has 0 saturated carbocycles. The van der Waals surface area contributed by atoms with E-state index in [1.165, 1.54) is 5.56 Å². The first-order valence-corrected chi connectivity index (χ1v) is 9.40. The van der Waals surface area contributed by atoms with Crippen molar-refractivity contribution in [3.8, 4) is 5.75 Å². The van der Waals surface area contributed by atoms with Gasteiger partial charge in [0.15, 0.2) is 0 Å². The largest absolute Gasteiger partial charge is 0.496 e. The van der Waals surface area contributed by atoms with Crippen molar-refractivity contribution in [2.75, 3.05) is 20.2 Å². The summed E-state index contributed by atoms with van der Waals surface area (Å²) < 4.78 is 5.35. The summed E-state index contributed by atoms with van der Waals surface area (Å²) in [5.74, 6) is 0.961. The second-order valence-corrected chi connectivity index (χ2v) is 7.17. The van der Waals surface area contributed by atoms with Crippen LogP contribution >= 0.6 is 11.6 Å². The van der Waals surface area contributed by atoms with Gasteiger partial charge in [0, 0.05) is 30.2 Å². The highest BCUT2D eigenvalue weighted by Gasteiger charge is 2.25. The third-order valence-corrected chi connectivity index (χ3v) is 5.09. The maximum atomic E-state index is 12.6. The molecule has 0 aromatic heterocycles. The molecular weight excluding hydrogens is 348 g/mol. The van der Waals surface area contributed by atoms with Gasteiger partial charge in [0.25, 0.3) is 0 Å². The molecule has 2 aromatic rings. The number of amides is 1. The lowest BCUT2D eigenvalue weighted by molar-refractivity contribution is -0.126. The molecule has 2 aromatic carbocycles. The highest BCUT2D eigenvalue weighted by atomic mass is 35.5. The highest BCUT2D eigenvalue weighted by Crippen LogP contribution is 2.21. The van der Waals surface area contributed by atoms with Crippen LogP contribution in [-0.4, -0.2) is 31.0 Å². The van der Waals surface area contributed by atoms with E-state index < -0.39 is 0 Å². The zero-order valence-corrected chi connectivity index (χ0v) is 15.8. The van der Waals surface area contributed by atoms with Crippen molar-refractivity contribution in [1.82, 2.24) is 10.2 Å². The molecule has 1 saturated heterocycles. The Kier molecular flexibility index (Phi) is 6.53. The quantitative estimate of drug-likeness (QED) is 0.836. The molecule has 0 spiro atoms. The Labute approximate surface area is 160 Å². The van der Waals surface area contributed by atoms with Gasteiger partial charge in [-0.05, 0) is 43.1 Å². The Morgan fingerprint density at radius 2 is 2.00 bits per heavy atom. The number of halogens is 1. The number of nitrogens with zero attached hydrogens (tertiary/aromatic N) is 1. The van der Waals surface area contributed by atoms with Crippen molar-refractivity contribution in [2.45, 2.75) is 25.9 Å². The predicted octanol–water partition coefficient (Wildman–Crippen LogP) is 3.88. The minimum absolute atomic E-state index is 0.0331. The number of hydrogen-bond donors (Lipinski definition) is 1. The first-order valence-electron chi connectivity index (χ1n) is 9.02. The SMILES string of the molecule is COc1ccccc1CNC(=O)C1CCCN(Cc2ccc(Cl)cc2)C1. The summed E-state index contributed by atoms with van der Waals surface area (Å²) in [7, 11) is 1.65. The maximum absolute atomic E-state index is 12.6. The number of likely N-dealkylation sites (tertiary alicyclic amines) is 1. The van der Waals surface area contributed by atoms with Gasteiger partial charge in [0.05, 0.1) is 13.0 Å². The fourth-order valence-corrected chi connectivity index (χ4v) is 3.56. The van der Waals surface area contributed by atoms with Crippen molar-refractivity contribution in [1.29, 1.82) is 0 Å². The zero-order chi connectivity index (χ0) is 18.4. The average molecular weight is 373 g/mol. The van der Waals surface area contributed by atoms with Crippen LogP contribution in [-0.2, 0) is 17.9 Å². The second kappa shape index (κ2) is 9.06.